The summed E-state index contributed by atoms with van der Waals surface area (Å²) < 4.78 is 7.70. The van der Waals surface area contributed by atoms with E-state index < -0.39 is 0 Å². The van der Waals surface area contributed by atoms with Crippen molar-refractivity contribution in [2.75, 3.05) is 11.9 Å². The highest BCUT2D eigenvalue weighted by molar-refractivity contribution is 5.90. The van der Waals surface area contributed by atoms with Gasteiger partial charge in [0, 0.05) is 17.6 Å². The number of urea groups is 1. The molecule has 150 valence electrons. The number of nitrogens with one attached hydrogen (secondary N) is 1. The number of carbonyl (C=O) groups is 1. The van der Waals surface area contributed by atoms with Crippen LogP contribution in [0.3, 0.4) is 0 Å². The minimum absolute atomic E-state index is 0.0277. The second kappa shape index (κ2) is 8.03. The van der Waals surface area contributed by atoms with Gasteiger partial charge in [-0.15, -0.1) is 0 Å². The lowest BCUT2D eigenvalue weighted by molar-refractivity contribution is 0.162. The van der Waals surface area contributed by atoms with E-state index in [-0.39, 0.29) is 18.0 Å². The standard InChI is InChI=1S/C24H27N3O2/c1-4-29-20-13-11-19(12-14-20)25-24(28)27-16-18-8-5-6-9-21(18)26-15-7-10-22(26)23(27)17(2)3/h5-15,17,23H,4,16H2,1-3H3,(H,25,28)/t23-/m0/s1. The van der Waals surface area contributed by atoms with Crippen molar-refractivity contribution < 1.29 is 9.53 Å². The Labute approximate surface area is 171 Å². The van der Waals surface area contributed by atoms with Crippen LogP contribution in [0.2, 0.25) is 0 Å². The molecule has 1 aromatic heterocycles. The number of ether oxygens (including phenoxy) is 1. The molecular weight excluding hydrogens is 362 g/mol. The van der Waals surface area contributed by atoms with Gasteiger partial charge in [-0.1, -0.05) is 32.0 Å². The molecule has 1 atom stereocenters. The average molecular weight is 389 g/mol. The minimum Gasteiger partial charge on any atom is -0.494 e. The topological polar surface area (TPSA) is 46.5 Å². The fourth-order valence-electron chi connectivity index (χ4n) is 4.07. The number of para-hydroxylation sites is 1. The monoisotopic (exact) mass is 389 g/mol. The van der Waals surface area contributed by atoms with Crippen LogP contribution in [-0.4, -0.2) is 22.1 Å². The summed E-state index contributed by atoms with van der Waals surface area (Å²) in [5, 5.41) is 3.07. The lowest BCUT2D eigenvalue weighted by Gasteiger charge is -2.33. The third-order valence-electron chi connectivity index (χ3n) is 5.32. The zero-order valence-electron chi connectivity index (χ0n) is 17.1. The molecule has 29 heavy (non-hydrogen) atoms. The number of nitrogens with zero attached hydrogens (tertiary/aromatic N) is 2. The van der Waals surface area contributed by atoms with Gasteiger partial charge in [-0.25, -0.2) is 4.79 Å². The quantitative estimate of drug-likeness (QED) is 0.629. The Hall–Kier alpha value is -3.21. The molecule has 5 heteroatoms. The van der Waals surface area contributed by atoms with Crippen LogP contribution < -0.4 is 10.1 Å². The molecule has 5 nitrogen and oxygen atoms in total. The number of rotatable bonds is 4. The van der Waals surface area contributed by atoms with Crippen molar-refractivity contribution in [1.29, 1.82) is 0 Å². The number of anilines is 1. The van der Waals surface area contributed by atoms with Gasteiger partial charge >= 0.3 is 6.03 Å². The Morgan fingerprint density at radius 2 is 1.86 bits per heavy atom. The van der Waals surface area contributed by atoms with Crippen molar-refractivity contribution in [2.45, 2.75) is 33.4 Å². The number of amides is 2. The zero-order valence-corrected chi connectivity index (χ0v) is 17.1. The van der Waals surface area contributed by atoms with Gasteiger partial charge in [-0.3, -0.25) is 0 Å². The lowest BCUT2D eigenvalue weighted by atomic mass is 9.99. The molecule has 0 radical (unpaired) electrons. The predicted molar refractivity (Wildman–Crippen MR) is 116 cm³/mol. The van der Waals surface area contributed by atoms with Crippen LogP contribution in [0.5, 0.6) is 5.75 Å². The molecule has 0 saturated carbocycles. The van der Waals surface area contributed by atoms with E-state index in [4.69, 9.17) is 4.74 Å². The van der Waals surface area contributed by atoms with E-state index in [9.17, 15) is 4.79 Å². The zero-order chi connectivity index (χ0) is 20.4. The van der Waals surface area contributed by atoms with Crippen molar-refractivity contribution in [3.05, 3.63) is 78.1 Å². The Morgan fingerprint density at radius 1 is 1.10 bits per heavy atom. The molecular formula is C24H27N3O2. The summed E-state index contributed by atoms with van der Waals surface area (Å²) in [4.78, 5) is 15.3. The number of benzene rings is 2. The molecule has 0 bridgehead atoms. The van der Waals surface area contributed by atoms with Crippen LogP contribution in [-0.2, 0) is 6.54 Å². The molecule has 1 aliphatic heterocycles. The summed E-state index contributed by atoms with van der Waals surface area (Å²) >= 11 is 0. The van der Waals surface area contributed by atoms with Crippen LogP contribution in [0.15, 0.2) is 66.9 Å². The molecule has 2 heterocycles. The number of hydrogen-bond acceptors (Lipinski definition) is 2. The largest absolute Gasteiger partial charge is 0.494 e. The molecule has 2 amide bonds. The Balaban J connectivity index is 1.67. The smallest absolute Gasteiger partial charge is 0.322 e. The van der Waals surface area contributed by atoms with Gasteiger partial charge in [0.15, 0.2) is 0 Å². The Kier molecular flexibility index (Phi) is 5.30. The van der Waals surface area contributed by atoms with Crippen LogP contribution >= 0.6 is 0 Å². The molecule has 0 spiro atoms. The maximum atomic E-state index is 13.4. The first-order valence-electron chi connectivity index (χ1n) is 10.1. The van der Waals surface area contributed by atoms with Crippen molar-refractivity contribution in [3.8, 4) is 11.4 Å². The van der Waals surface area contributed by atoms with Gasteiger partial charge in [0.1, 0.15) is 5.75 Å². The number of hydrogen-bond donors (Lipinski definition) is 1. The Bertz CT molecular complexity index is 991. The summed E-state index contributed by atoms with van der Waals surface area (Å²) in [6.07, 6.45) is 2.08. The highest BCUT2D eigenvalue weighted by Crippen LogP contribution is 2.36. The molecule has 1 aliphatic rings. The van der Waals surface area contributed by atoms with E-state index in [1.165, 1.54) is 0 Å². The van der Waals surface area contributed by atoms with Crippen molar-refractivity contribution >= 4 is 11.7 Å². The summed E-state index contributed by atoms with van der Waals surface area (Å²) in [7, 11) is 0. The maximum absolute atomic E-state index is 13.4. The summed E-state index contributed by atoms with van der Waals surface area (Å²) in [6.45, 7) is 7.46. The van der Waals surface area contributed by atoms with Crippen LogP contribution in [0.4, 0.5) is 10.5 Å². The first-order valence-corrected chi connectivity index (χ1v) is 10.1. The Morgan fingerprint density at radius 3 is 2.59 bits per heavy atom. The third kappa shape index (κ3) is 3.73. The molecule has 0 fully saturated rings. The fourth-order valence-corrected chi connectivity index (χ4v) is 4.07. The van der Waals surface area contributed by atoms with Crippen molar-refractivity contribution in [2.24, 2.45) is 5.92 Å². The van der Waals surface area contributed by atoms with Crippen LogP contribution in [0, 0.1) is 5.92 Å². The number of aromatic nitrogens is 1. The minimum atomic E-state index is -0.0997. The second-order valence-electron chi connectivity index (χ2n) is 7.64. The van der Waals surface area contributed by atoms with Crippen LogP contribution in [0.1, 0.15) is 38.1 Å². The molecule has 2 aromatic carbocycles. The van der Waals surface area contributed by atoms with Gasteiger partial charge in [-0.2, -0.15) is 0 Å². The van der Waals surface area contributed by atoms with Crippen molar-refractivity contribution in [3.63, 3.8) is 0 Å². The maximum Gasteiger partial charge on any atom is 0.322 e. The second-order valence-corrected chi connectivity index (χ2v) is 7.64. The molecule has 1 N–H and O–H groups in total. The summed E-state index contributed by atoms with van der Waals surface area (Å²) in [6, 6.07) is 19.8. The molecule has 0 saturated heterocycles. The van der Waals surface area contributed by atoms with E-state index in [2.05, 4.69) is 54.2 Å². The summed E-state index contributed by atoms with van der Waals surface area (Å²) in [5.74, 6) is 1.07. The average Bonchev–Trinajstić information content (AvgIpc) is 3.13. The SMILES string of the molecule is CCOc1ccc(NC(=O)N2Cc3ccccc3-n3cccc3[C@@H]2C(C)C)cc1. The summed E-state index contributed by atoms with van der Waals surface area (Å²) in [5.41, 5.74) is 4.16. The van der Waals surface area contributed by atoms with Crippen molar-refractivity contribution in [1.82, 2.24) is 9.47 Å². The van der Waals surface area contributed by atoms with Gasteiger partial charge < -0.3 is 19.5 Å². The molecule has 4 rings (SSSR count). The number of fused-ring (bicyclic) bond motifs is 3. The highest BCUT2D eigenvalue weighted by atomic mass is 16.5. The highest BCUT2D eigenvalue weighted by Gasteiger charge is 2.33. The van der Waals surface area contributed by atoms with E-state index >= 15 is 0 Å². The molecule has 0 aliphatic carbocycles. The first kappa shape index (κ1) is 19.1. The van der Waals surface area contributed by atoms with E-state index in [1.54, 1.807) is 0 Å². The van der Waals surface area contributed by atoms with E-state index in [1.807, 2.05) is 48.2 Å². The van der Waals surface area contributed by atoms with Gasteiger partial charge in [-0.05, 0) is 60.9 Å². The first-order chi connectivity index (χ1) is 14.1. The van der Waals surface area contributed by atoms with Gasteiger partial charge in [0.05, 0.1) is 24.9 Å². The van der Waals surface area contributed by atoms with E-state index in [0.29, 0.717) is 13.2 Å². The molecule has 3 aromatic rings. The van der Waals surface area contributed by atoms with E-state index in [0.717, 1.165) is 28.4 Å². The third-order valence-corrected chi connectivity index (χ3v) is 5.32. The predicted octanol–water partition coefficient (Wildman–Crippen LogP) is 5.62. The van der Waals surface area contributed by atoms with Gasteiger partial charge in [0.25, 0.3) is 0 Å². The van der Waals surface area contributed by atoms with Crippen LogP contribution in [0.25, 0.3) is 5.69 Å². The molecule has 0 unspecified atom stereocenters. The number of carbonyl (C=O) groups excluding carboxylic acids is 1. The fraction of sp³-hybridized carbons (Fsp3) is 0.292. The normalized spacial score (nSPS) is 15.4. The lowest BCUT2D eigenvalue weighted by Crippen LogP contribution is -2.39. The van der Waals surface area contributed by atoms with Gasteiger partial charge in [0.2, 0.25) is 0 Å².